The number of hydrogen-bond donors (Lipinski definition) is 4. The minimum absolute atomic E-state index is 0.0146. The predicted molar refractivity (Wildman–Crippen MR) is 440 cm³/mol. The third-order valence-electron chi connectivity index (χ3n) is 20.1. The van der Waals surface area contributed by atoms with Crippen molar-refractivity contribution in [3.63, 3.8) is 0 Å². The van der Waals surface area contributed by atoms with Crippen molar-refractivity contribution in [3.05, 3.63) is 208 Å². The molecule has 2 fully saturated rings. The molecule has 672 valence electrons. The lowest BCUT2D eigenvalue weighted by Crippen LogP contribution is -2.48. The molecule has 12 heterocycles. The Morgan fingerprint density at radius 3 is 1.19 bits per heavy atom. The van der Waals surface area contributed by atoms with Gasteiger partial charge in [-0.05, 0) is 115 Å². The summed E-state index contributed by atoms with van der Waals surface area (Å²) in [6, 6.07) is 21.4. The molecule has 10 aromatic heterocycles. The van der Waals surface area contributed by atoms with Crippen LogP contribution in [0.5, 0.6) is 0 Å². The van der Waals surface area contributed by atoms with Gasteiger partial charge in [-0.1, -0.05) is 50.6 Å². The number of carbonyl (C=O) groups is 2. The fourth-order valence-electron chi connectivity index (χ4n) is 13.0. The number of hydrogen-bond acceptors (Lipinski definition) is 24. The van der Waals surface area contributed by atoms with E-state index in [1.165, 1.54) is 56.5 Å². The number of aliphatic hydroxyl groups is 1. The summed E-state index contributed by atoms with van der Waals surface area (Å²) in [7, 11) is 2.68. The van der Waals surface area contributed by atoms with E-state index in [2.05, 4.69) is 94.9 Å². The highest BCUT2D eigenvalue weighted by molar-refractivity contribution is 7.86. The Labute approximate surface area is 707 Å². The van der Waals surface area contributed by atoms with Crippen LogP contribution in [-0.2, 0) is 101 Å². The Hall–Kier alpha value is -12.3. The minimum atomic E-state index is -4.08. The van der Waals surface area contributed by atoms with E-state index in [0.29, 0.717) is 64.8 Å². The maximum absolute atomic E-state index is 15.1. The fourth-order valence-corrected chi connectivity index (χ4v) is 14.9. The summed E-state index contributed by atoms with van der Waals surface area (Å²) in [5.74, 6) is 0.751. The van der Waals surface area contributed by atoms with Crippen molar-refractivity contribution in [2.75, 3.05) is 26.4 Å². The van der Waals surface area contributed by atoms with Gasteiger partial charge in [0.15, 0.2) is 37.4 Å². The van der Waals surface area contributed by atoms with Crippen LogP contribution in [0.1, 0.15) is 86.7 Å². The van der Waals surface area contributed by atoms with Crippen LogP contribution in [0, 0.1) is 47.4 Å². The standard InChI is InChI=1S/C24H30F2N6O2.C17H20FN5O4S.C16H28FN5O2Si.C10H14FN5O2.C7H9N5O.C2H2O4/c1-16-27-31(24(33)32(16)23-9-10-29(2)28-23)14-19(26)13-30-20-7-8-21(30)12-22(11-20)34-15-17-3-5-18(25)6-4-17;1-12-4-6-15(7-5-12)28(25,26)27-11-14(18)10-22-17(24)23(13(2)19-22)16-8-9-21(3)20-16;1-12-18-21(15(23)22(12)14-8-9-20(5)19-14)10-13(17)11-24-25(6,7)16(2,3)4;1-7-12-15(5-8(11)6-17)10(18)16(7)9-3-4-14(2)13-9;1-5-8-9-7(13)12(5)6-3-4-11(2)10-6;3-1(4)2(5)6/h3-6,9-10,19-22H,7-8,11-15H2,1-2H3;4-9,14H,10-11H2,1-3H3;8-9,13H,10-11H2,1-7H3;3-4,8,17H,5-6H2,1-2H3;3-4H,1-2H3,(H,9,13);(H,3,4)(H,5,6)/t19-,20?,21?,22?;14-;13-;8-;;/m0111../s1. The Kier molecular flexibility index (Phi) is 31.8. The van der Waals surface area contributed by atoms with Crippen LogP contribution in [0.2, 0.25) is 18.1 Å². The number of nitrogens with zero attached hydrogens (tertiary/aromatic N) is 25. The van der Waals surface area contributed by atoms with E-state index < -0.39 is 91.9 Å². The van der Waals surface area contributed by atoms with E-state index >= 15 is 4.39 Å². The number of ether oxygens (including phenoxy) is 1. The van der Waals surface area contributed by atoms with Gasteiger partial charge in [-0.15, -0.1) is 0 Å². The molecule has 0 saturated carbocycles. The molecule has 0 amide bonds. The van der Waals surface area contributed by atoms with Gasteiger partial charge in [0.25, 0.3) is 10.1 Å². The molecule has 0 spiro atoms. The Morgan fingerprint density at radius 1 is 0.500 bits per heavy atom. The van der Waals surface area contributed by atoms with Gasteiger partial charge in [0.1, 0.15) is 59.6 Å². The van der Waals surface area contributed by atoms with Gasteiger partial charge in [-0.25, -0.2) is 102 Å². The number of aromatic nitrogens is 25. The molecule has 14 rings (SSSR count). The zero-order chi connectivity index (χ0) is 91.1. The zero-order valence-corrected chi connectivity index (χ0v) is 73.2. The number of carboxylic acids is 2. The Morgan fingerprint density at radius 2 is 0.855 bits per heavy atom. The summed E-state index contributed by atoms with van der Waals surface area (Å²) >= 11 is 0. The molecule has 2 aliphatic rings. The number of aryl methyl sites for hydroxylation is 11. The summed E-state index contributed by atoms with van der Waals surface area (Å²) in [5.41, 5.74) is -0.244. The summed E-state index contributed by atoms with van der Waals surface area (Å²) in [6.07, 6.45) is 6.77. The maximum atomic E-state index is 15.1. The lowest BCUT2D eigenvalue weighted by atomic mass is 9.99. The number of H-pyrrole nitrogens is 1. The van der Waals surface area contributed by atoms with Gasteiger partial charge >= 0.3 is 40.4 Å². The van der Waals surface area contributed by atoms with Crippen molar-refractivity contribution in [3.8, 4) is 29.1 Å². The van der Waals surface area contributed by atoms with Crippen LogP contribution in [0.15, 0.2) is 139 Å². The molecule has 2 aromatic carbocycles. The van der Waals surface area contributed by atoms with Crippen LogP contribution < -0.4 is 28.4 Å². The highest BCUT2D eigenvalue weighted by Crippen LogP contribution is 2.38. The van der Waals surface area contributed by atoms with Crippen LogP contribution >= 0.6 is 0 Å². The third-order valence-corrected chi connectivity index (χ3v) is 25.9. The number of nitrogens with one attached hydrogen (secondary N) is 1. The van der Waals surface area contributed by atoms with Crippen LogP contribution in [0.4, 0.5) is 22.0 Å². The van der Waals surface area contributed by atoms with Gasteiger partial charge in [-0.2, -0.15) is 59.4 Å². The average molecular weight is 1780 g/mol. The number of rotatable bonds is 26. The lowest BCUT2D eigenvalue weighted by Gasteiger charge is -2.39. The number of aromatic amines is 1. The molecule has 48 heteroatoms. The normalized spacial score (nSPS) is 15.5. The van der Waals surface area contributed by atoms with Gasteiger partial charge < -0.3 is 24.5 Å². The molecule has 2 aliphatic heterocycles. The predicted octanol–water partition coefficient (Wildman–Crippen LogP) is 4.49. The first-order valence-corrected chi connectivity index (χ1v) is 43.3. The SMILES string of the molecule is Cc1ccc(S(=O)(=O)OC[C@H](F)Cn2nc(C)n(-c3ccn(C)n3)c2=O)cc1.Cc1n[nH]c(=O)n1-c1ccn(C)n1.Cc1nn(C[C@@H](F)CN2C3CCC2CC(OCc2ccc(F)cc2)C3)c(=O)n1-c1ccn(C)n1.Cc1nn(C[C@@H](F)CO)c(=O)n1-c1ccn(C)n1.Cc1nn(C[C@@H](F)CO[Si](C)(C)C(C)(C)C)c(=O)n1-c1ccn(C)n1.O=C(O)C(=O)O. The second-order valence-electron chi connectivity index (χ2n) is 31.0. The molecule has 0 aliphatic carbocycles. The number of aliphatic carboxylic acids is 2. The molecule has 2 bridgehead atoms. The second kappa shape index (κ2) is 41.3. The number of fused-ring (bicyclic) bond motifs is 2. The number of carboxylic acid groups (broad SMARTS) is 2. The molecule has 2 unspecified atom stereocenters. The molecule has 4 N–H and O–H groups in total. The highest BCUT2D eigenvalue weighted by Gasteiger charge is 2.43. The second-order valence-corrected chi connectivity index (χ2v) is 37.4. The molecule has 0 radical (unpaired) electrons. The zero-order valence-electron chi connectivity index (χ0n) is 71.3. The lowest BCUT2D eigenvalue weighted by molar-refractivity contribution is -0.159. The van der Waals surface area contributed by atoms with Crippen molar-refractivity contribution >= 4 is 30.4 Å². The number of piperidine rings is 1. The van der Waals surface area contributed by atoms with E-state index in [0.717, 1.165) is 50.9 Å². The molecular formula is C76H103F5N26O15SSi. The Balaban J connectivity index is 0.000000178. The number of alkyl halides is 4. The van der Waals surface area contributed by atoms with Gasteiger partial charge in [0.05, 0.1) is 63.6 Å². The third kappa shape index (κ3) is 24.8. The molecule has 41 nitrogen and oxygen atoms in total. The quantitative estimate of drug-likeness (QED) is 0.0251. The first-order chi connectivity index (χ1) is 58.3. The van der Waals surface area contributed by atoms with Crippen LogP contribution in [-0.4, -0.2) is 239 Å². The van der Waals surface area contributed by atoms with Gasteiger partial charge in [-0.3, -0.25) is 32.5 Å². The van der Waals surface area contributed by atoms with Crippen molar-refractivity contribution in [2.24, 2.45) is 35.2 Å². The van der Waals surface area contributed by atoms with Crippen LogP contribution in [0.3, 0.4) is 0 Å². The fraction of sp³-hybridized carbons (Fsp3) is 0.487. The van der Waals surface area contributed by atoms with E-state index in [1.54, 1.807) is 174 Å². The summed E-state index contributed by atoms with van der Waals surface area (Å²) < 4.78 is 130. The van der Waals surface area contributed by atoms with Crippen molar-refractivity contribution in [1.29, 1.82) is 0 Å². The van der Waals surface area contributed by atoms with Crippen molar-refractivity contribution < 1.29 is 68.6 Å². The minimum Gasteiger partial charge on any atom is -0.473 e. The molecule has 124 heavy (non-hydrogen) atoms. The number of halogens is 5. The molecular weight excluding hydrogens is 1670 g/mol. The maximum Gasteiger partial charge on any atom is 0.414 e. The van der Waals surface area contributed by atoms with Gasteiger partial charge in [0, 0.05) is 115 Å². The molecule has 12 aromatic rings. The monoisotopic (exact) mass is 1770 g/mol. The van der Waals surface area contributed by atoms with E-state index in [9.17, 15) is 50.0 Å². The number of aliphatic hydroxyl groups excluding tert-OH is 1. The largest absolute Gasteiger partial charge is 0.473 e. The average Bonchev–Trinajstić information content (AvgIpc) is 1.66. The van der Waals surface area contributed by atoms with E-state index in [4.69, 9.17) is 38.3 Å². The first-order valence-electron chi connectivity index (χ1n) is 39.0. The summed E-state index contributed by atoms with van der Waals surface area (Å²) in [5, 5.41) is 66.8. The number of benzene rings is 2. The van der Waals surface area contributed by atoms with Crippen molar-refractivity contribution in [1.82, 2.24) is 126 Å². The van der Waals surface area contributed by atoms with E-state index in [-0.39, 0.29) is 78.1 Å². The molecule has 6 atom stereocenters. The van der Waals surface area contributed by atoms with E-state index in [1.807, 2.05) is 6.92 Å². The highest BCUT2D eigenvalue weighted by atomic mass is 32.2. The van der Waals surface area contributed by atoms with Crippen molar-refractivity contribution in [2.45, 2.75) is 187 Å². The first kappa shape index (κ1) is 95.6. The smallest absolute Gasteiger partial charge is 0.414 e. The molecule has 2 saturated heterocycles. The summed E-state index contributed by atoms with van der Waals surface area (Å²) in [4.78, 5) is 81.5. The van der Waals surface area contributed by atoms with Crippen LogP contribution in [0.25, 0.3) is 29.1 Å². The summed E-state index contributed by atoms with van der Waals surface area (Å²) in [6.45, 7) is 19.1. The topological polar surface area (TPSA) is 459 Å². The Bertz CT molecular complexity index is 5990. The van der Waals surface area contributed by atoms with Gasteiger partial charge in [0.2, 0.25) is 0 Å².